The van der Waals surface area contributed by atoms with Gasteiger partial charge in [-0.1, -0.05) is 38.3 Å². The van der Waals surface area contributed by atoms with Gasteiger partial charge in [-0.25, -0.2) is 0 Å². The minimum atomic E-state index is 0.0415. The fourth-order valence-corrected chi connectivity index (χ4v) is 2.19. The maximum atomic E-state index is 11.8. The summed E-state index contributed by atoms with van der Waals surface area (Å²) in [6.07, 6.45) is 6.01. The average molecular weight is 232 g/mol. The lowest BCUT2D eigenvalue weighted by atomic mass is 10.1. The third-order valence-corrected chi connectivity index (χ3v) is 3.15. The Bertz CT molecular complexity index is 390. The molecule has 1 aromatic carbocycles. The van der Waals surface area contributed by atoms with Crippen LogP contribution in [0.5, 0.6) is 0 Å². The maximum Gasteiger partial charge on any atom is 0.254 e. The van der Waals surface area contributed by atoms with Crippen molar-refractivity contribution in [2.24, 2.45) is 0 Å². The first-order chi connectivity index (χ1) is 8.31. The van der Waals surface area contributed by atoms with Crippen LogP contribution >= 0.6 is 0 Å². The smallest absolute Gasteiger partial charge is 0.254 e. The summed E-state index contributed by atoms with van der Waals surface area (Å²) < 4.78 is 0. The predicted molar refractivity (Wildman–Crippen MR) is 70.1 cm³/mol. The van der Waals surface area contributed by atoms with Crippen LogP contribution in [0.25, 0.3) is 0 Å². The minimum absolute atomic E-state index is 0.0415. The highest BCUT2D eigenvalue weighted by molar-refractivity contribution is 6.01. The highest BCUT2D eigenvalue weighted by Crippen LogP contribution is 2.21. The molecular formula is C14H20N2O. The first kappa shape index (κ1) is 12.0. The highest BCUT2D eigenvalue weighted by atomic mass is 16.2. The second kappa shape index (κ2) is 5.71. The number of para-hydroxylation sites is 1. The first-order valence-corrected chi connectivity index (χ1v) is 6.47. The van der Waals surface area contributed by atoms with Crippen LogP contribution in [0.15, 0.2) is 24.3 Å². The molecule has 0 saturated heterocycles. The van der Waals surface area contributed by atoms with Crippen LogP contribution in [0.1, 0.15) is 49.4 Å². The Morgan fingerprint density at radius 3 is 2.76 bits per heavy atom. The average Bonchev–Trinajstić information content (AvgIpc) is 2.35. The van der Waals surface area contributed by atoms with E-state index in [-0.39, 0.29) is 12.1 Å². The molecule has 0 radical (unpaired) electrons. The van der Waals surface area contributed by atoms with Crippen molar-refractivity contribution in [1.29, 1.82) is 0 Å². The van der Waals surface area contributed by atoms with E-state index in [0.717, 1.165) is 24.1 Å². The van der Waals surface area contributed by atoms with Crippen molar-refractivity contribution in [3.63, 3.8) is 0 Å². The van der Waals surface area contributed by atoms with Crippen LogP contribution < -0.4 is 10.6 Å². The normalized spacial score (nSPS) is 18.2. The minimum Gasteiger partial charge on any atom is -0.365 e. The zero-order chi connectivity index (χ0) is 12.1. The summed E-state index contributed by atoms with van der Waals surface area (Å²) in [5.41, 5.74) is 1.70. The lowest BCUT2D eigenvalue weighted by Gasteiger charge is -2.27. The van der Waals surface area contributed by atoms with Gasteiger partial charge in [-0.05, 0) is 25.0 Å². The number of fused-ring (bicyclic) bond motifs is 1. The third kappa shape index (κ3) is 2.99. The summed E-state index contributed by atoms with van der Waals surface area (Å²) in [7, 11) is 0. The van der Waals surface area contributed by atoms with Gasteiger partial charge in [-0.2, -0.15) is 0 Å². The fourth-order valence-electron chi connectivity index (χ4n) is 2.19. The number of hydrogen-bond donors (Lipinski definition) is 2. The molecule has 0 aliphatic carbocycles. The largest absolute Gasteiger partial charge is 0.365 e. The van der Waals surface area contributed by atoms with E-state index in [1.165, 1.54) is 19.3 Å². The Labute approximate surface area is 103 Å². The van der Waals surface area contributed by atoms with Gasteiger partial charge in [0.2, 0.25) is 0 Å². The van der Waals surface area contributed by atoms with E-state index in [1.54, 1.807) is 0 Å². The first-order valence-electron chi connectivity index (χ1n) is 6.47. The van der Waals surface area contributed by atoms with Crippen LogP contribution in [0, 0.1) is 0 Å². The molecule has 0 spiro atoms. The van der Waals surface area contributed by atoms with E-state index in [0.29, 0.717) is 0 Å². The number of unbranched alkanes of at least 4 members (excludes halogenated alkanes) is 3. The Morgan fingerprint density at radius 2 is 1.94 bits per heavy atom. The van der Waals surface area contributed by atoms with Crippen molar-refractivity contribution in [3.05, 3.63) is 29.8 Å². The van der Waals surface area contributed by atoms with Crippen molar-refractivity contribution >= 4 is 11.6 Å². The molecule has 0 aromatic heterocycles. The molecule has 1 aliphatic heterocycles. The fraction of sp³-hybridized carbons (Fsp3) is 0.500. The van der Waals surface area contributed by atoms with Gasteiger partial charge in [-0.3, -0.25) is 4.79 Å². The lowest BCUT2D eigenvalue weighted by Crippen LogP contribution is -2.44. The maximum absolute atomic E-state index is 11.8. The molecule has 1 unspecified atom stereocenters. The Hall–Kier alpha value is -1.51. The summed E-state index contributed by atoms with van der Waals surface area (Å²) in [4.78, 5) is 11.8. The molecule has 92 valence electrons. The van der Waals surface area contributed by atoms with Crippen LogP contribution in [-0.4, -0.2) is 12.1 Å². The summed E-state index contributed by atoms with van der Waals surface area (Å²) >= 11 is 0. The number of benzene rings is 1. The molecule has 1 aromatic rings. The van der Waals surface area contributed by atoms with Crippen molar-refractivity contribution in [2.45, 2.75) is 45.2 Å². The van der Waals surface area contributed by atoms with Gasteiger partial charge in [0.1, 0.15) is 0 Å². The SMILES string of the molecule is CCCCCCC1NC(=O)c2ccccc2N1. The van der Waals surface area contributed by atoms with Gasteiger partial charge in [0.25, 0.3) is 5.91 Å². The van der Waals surface area contributed by atoms with E-state index in [4.69, 9.17) is 0 Å². The monoisotopic (exact) mass is 232 g/mol. The van der Waals surface area contributed by atoms with E-state index < -0.39 is 0 Å². The van der Waals surface area contributed by atoms with Gasteiger partial charge in [-0.15, -0.1) is 0 Å². The van der Waals surface area contributed by atoms with E-state index >= 15 is 0 Å². The second-order valence-electron chi connectivity index (χ2n) is 4.57. The molecule has 3 nitrogen and oxygen atoms in total. The molecule has 1 atom stereocenters. The molecule has 1 heterocycles. The number of carbonyl (C=O) groups is 1. The molecular weight excluding hydrogens is 212 g/mol. The molecule has 1 aliphatic rings. The second-order valence-corrected chi connectivity index (χ2v) is 4.57. The van der Waals surface area contributed by atoms with Crippen molar-refractivity contribution in [3.8, 4) is 0 Å². The molecule has 1 amide bonds. The zero-order valence-electron chi connectivity index (χ0n) is 10.3. The Balaban J connectivity index is 1.91. The van der Waals surface area contributed by atoms with Gasteiger partial charge in [0.05, 0.1) is 11.7 Å². The predicted octanol–water partition coefficient (Wildman–Crippen LogP) is 3.14. The number of carbonyl (C=O) groups excluding carboxylic acids is 1. The number of hydrogen-bond acceptors (Lipinski definition) is 2. The Morgan fingerprint density at radius 1 is 1.12 bits per heavy atom. The molecule has 17 heavy (non-hydrogen) atoms. The summed E-state index contributed by atoms with van der Waals surface area (Å²) in [6, 6.07) is 7.67. The van der Waals surface area contributed by atoms with E-state index in [9.17, 15) is 4.79 Å². The van der Waals surface area contributed by atoms with Crippen LogP contribution in [-0.2, 0) is 0 Å². The molecule has 2 rings (SSSR count). The van der Waals surface area contributed by atoms with E-state index in [1.807, 2.05) is 24.3 Å². The number of nitrogens with one attached hydrogen (secondary N) is 2. The molecule has 2 N–H and O–H groups in total. The molecule has 0 bridgehead atoms. The van der Waals surface area contributed by atoms with E-state index in [2.05, 4.69) is 17.6 Å². The third-order valence-electron chi connectivity index (χ3n) is 3.15. The van der Waals surface area contributed by atoms with Crippen LogP contribution in [0.4, 0.5) is 5.69 Å². The lowest BCUT2D eigenvalue weighted by molar-refractivity contribution is 0.0933. The van der Waals surface area contributed by atoms with Crippen LogP contribution in [0.2, 0.25) is 0 Å². The topological polar surface area (TPSA) is 41.1 Å². The summed E-state index contributed by atoms with van der Waals surface area (Å²) in [5.74, 6) is 0.0415. The standard InChI is InChI=1S/C14H20N2O/c1-2-3-4-5-10-13-15-12-9-7-6-8-11(12)14(17)16-13/h6-9,13,15H,2-5,10H2,1H3,(H,16,17). The highest BCUT2D eigenvalue weighted by Gasteiger charge is 2.21. The summed E-state index contributed by atoms with van der Waals surface area (Å²) in [6.45, 7) is 2.21. The molecule has 3 heteroatoms. The van der Waals surface area contributed by atoms with Gasteiger partial charge < -0.3 is 10.6 Å². The van der Waals surface area contributed by atoms with Gasteiger partial charge in [0.15, 0.2) is 0 Å². The number of rotatable bonds is 5. The zero-order valence-corrected chi connectivity index (χ0v) is 10.3. The van der Waals surface area contributed by atoms with Gasteiger partial charge >= 0.3 is 0 Å². The van der Waals surface area contributed by atoms with Crippen molar-refractivity contribution in [1.82, 2.24) is 5.32 Å². The number of amides is 1. The van der Waals surface area contributed by atoms with Gasteiger partial charge in [0, 0.05) is 5.69 Å². The Kier molecular flexibility index (Phi) is 4.02. The van der Waals surface area contributed by atoms with Crippen molar-refractivity contribution in [2.75, 3.05) is 5.32 Å². The molecule has 0 fully saturated rings. The van der Waals surface area contributed by atoms with Crippen LogP contribution in [0.3, 0.4) is 0 Å². The summed E-state index contributed by atoms with van der Waals surface area (Å²) in [5, 5.41) is 6.37. The quantitative estimate of drug-likeness (QED) is 0.766. The number of anilines is 1. The van der Waals surface area contributed by atoms with Crippen molar-refractivity contribution < 1.29 is 4.79 Å². The molecule has 0 saturated carbocycles.